The van der Waals surface area contributed by atoms with Gasteiger partial charge in [0.25, 0.3) is 0 Å². The first kappa shape index (κ1) is 14.1. The zero-order chi connectivity index (χ0) is 14.6. The molecule has 20 heavy (non-hydrogen) atoms. The second-order valence-corrected chi connectivity index (χ2v) is 4.17. The molecule has 0 bridgehead atoms. The van der Waals surface area contributed by atoms with E-state index in [0.29, 0.717) is 6.29 Å². The lowest BCUT2D eigenvalue weighted by Gasteiger charge is -2.17. The maximum Gasteiger partial charge on any atom is 0.306 e. The van der Waals surface area contributed by atoms with Crippen molar-refractivity contribution in [3.05, 3.63) is 65.5 Å². The normalized spacial score (nSPS) is 11.2. The minimum atomic E-state index is -3.23. The summed E-state index contributed by atoms with van der Waals surface area (Å²) >= 11 is 0. The van der Waals surface area contributed by atoms with Crippen LogP contribution in [0.4, 0.5) is 13.2 Å². The Morgan fingerprint density at radius 3 is 2.40 bits per heavy atom. The molecule has 0 aromatic heterocycles. The minimum Gasteiger partial charge on any atom is -0.484 e. The highest BCUT2D eigenvalue weighted by Gasteiger charge is 2.32. The molecule has 2 rings (SSSR count). The predicted molar refractivity (Wildman–Crippen MR) is 67.6 cm³/mol. The van der Waals surface area contributed by atoms with Crippen LogP contribution in [0.15, 0.2) is 48.5 Å². The summed E-state index contributed by atoms with van der Waals surface area (Å²) in [5.74, 6) is -4.39. The van der Waals surface area contributed by atoms with Gasteiger partial charge in [-0.3, -0.25) is 4.79 Å². The first-order chi connectivity index (χ1) is 9.53. The smallest absolute Gasteiger partial charge is 0.306 e. The Hall–Kier alpha value is -2.30. The topological polar surface area (TPSA) is 26.3 Å². The van der Waals surface area contributed by atoms with Crippen LogP contribution in [0.5, 0.6) is 5.75 Å². The Bertz CT molecular complexity index is 597. The molecule has 2 aromatic rings. The van der Waals surface area contributed by atoms with Gasteiger partial charge in [-0.25, -0.2) is 4.39 Å². The fourth-order valence-corrected chi connectivity index (χ4v) is 1.64. The number of benzene rings is 2. The summed E-state index contributed by atoms with van der Waals surface area (Å²) < 4.78 is 45.9. The van der Waals surface area contributed by atoms with Gasteiger partial charge >= 0.3 is 5.92 Å². The van der Waals surface area contributed by atoms with Gasteiger partial charge in [0.2, 0.25) is 0 Å². The van der Waals surface area contributed by atoms with Crippen LogP contribution in [0, 0.1) is 5.82 Å². The highest BCUT2D eigenvalue weighted by Crippen LogP contribution is 2.29. The molecular formula is C15H11F3O2. The lowest BCUT2D eigenvalue weighted by Crippen LogP contribution is -2.23. The van der Waals surface area contributed by atoms with Gasteiger partial charge in [0.05, 0.1) is 0 Å². The molecule has 5 heteroatoms. The maximum absolute atomic E-state index is 13.8. The molecule has 2 aromatic carbocycles. The third-order valence-corrected chi connectivity index (χ3v) is 2.70. The summed E-state index contributed by atoms with van der Waals surface area (Å²) in [4.78, 5) is 10.4. The van der Waals surface area contributed by atoms with Gasteiger partial charge in [0.1, 0.15) is 6.29 Å². The lowest BCUT2D eigenvalue weighted by molar-refractivity contribution is -0.0475. The van der Waals surface area contributed by atoms with E-state index in [9.17, 15) is 18.0 Å². The average Bonchev–Trinajstić information content (AvgIpc) is 2.47. The van der Waals surface area contributed by atoms with Crippen molar-refractivity contribution in [1.82, 2.24) is 0 Å². The number of aldehydes is 1. The molecule has 0 atom stereocenters. The summed E-state index contributed by atoms with van der Waals surface area (Å²) in [6.07, 6.45) is 0.464. The standard InChI is InChI=1S/C15H11F3O2/c16-13-8-11(9-19)6-7-14(13)20-10-15(17,18)12-4-2-1-3-5-12/h1-9H,10H2. The van der Waals surface area contributed by atoms with Crippen LogP contribution in [-0.4, -0.2) is 12.9 Å². The second-order valence-electron chi connectivity index (χ2n) is 4.17. The molecule has 0 aliphatic heterocycles. The highest BCUT2D eigenvalue weighted by molar-refractivity contribution is 5.74. The Kier molecular flexibility index (Phi) is 4.08. The Labute approximate surface area is 113 Å². The minimum absolute atomic E-state index is 0.115. The van der Waals surface area contributed by atoms with Crippen molar-refractivity contribution in [3.63, 3.8) is 0 Å². The summed E-state index contributed by atoms with van der Waals surface area (Å²) in [6, 6.07) is 10.5. The van der Waals surface area contributed by atoms with Crippen molar-refractivity contribution in [1.29, 1.82) is 0 Å². The van der Waals surface area contributed by atoms with E-state index in [1.165, 1.54) is 30.3 Å². The van der Waals surface area contributed by atoms with Crippen LogP contribution in [0.3, 0.4) is 0 Å². The van der Waals surface area contributed by atoms with Gasteiger partial charge in [0.15, 0.2) is 18.2 Å². The number of halogens is 3. The van der Waals surface area contributed by atoms with Crippen molar-refractivity contribution in [2.45, 2.75) is 5.92 Å². The van der Waals surface area contributed by atoms with Crippen LogP contribution in [0.2, 0.25) is 0 Å². The first-order valence-corrected chi connectivity index (χ1v) is 5.84. The average molecular weight is 280 g/mol. The summed E-state index contributed by atoms with van der Waals surface area (Å²) in [6.45, 7) is -0.978. The number of carbonyl (C=O) groups excluding carboxylic acids is 1. The molecule has 0 radical (unpaired) electrons. The third kappa shape index (κ3) is 3.17. The molecule has 104 valence electrons. The summed E-state index contributed by atoms with van der Waals surface area (Å²) in [5.41, 5.74) is -0.0883. The SMILES string of the molecule is O=Cc1ccc(OCC(F)(F)c2ccccc2)c(F)c1. The Morgan fingerprint density at radius 1 is 1.10 bits per heavy atom. The third-order valence-electron chi connectivity index (χ3n) is 2.70. The van der Waals surface area contributed by atoms with E-state index in [2.05, 4.69) is 0 Å². The molecule has 0 spiro atoms. The van der Waals surface area contributed by atoms with Crippen molar-refractivity contribution in [3.8, 4) is 5.75 Å². The van der Waals surface area contributed by atoms with Gasteiger partial charge in [-0.2, -0.15) is 8.78 Å². The van der Waals surface area contributed by atoms with Crippen molar-refractivity contribution < 1.29 is 22.7 Å². The first-order valence-electron chi connectivity index (χ1n) is 5.84. The lowest BCUT2D eigenvalue weighted by atomic mass is 10.1. The van der Waals surface area contributed by atoms with Gasteiger partial charge in [-0.15, -0.1) is 0 Å². The Balaban J connectivity index is 2.10. The zero-order valence-electron chi connectivity index (χ0n) is 10.4. The van der Waals surface area contributed by atoms with E-state index in [1.54, 1.807) is 6.07 Å². The molecular weight excluding hydrogens is 269 g/mol. The maximum atomic E-state index is 13.8. The second kappa shape index (κ2) is 5.77. The van der Waals surface area contributed by atoms with Crippen LogP contribution in [0.25, 0.3) is 0 Å². The van der Waals surface area contributed by atoms with E-state index in [4.69, 9.17) is 4.74 Å². The number of hydrogen-bond acceptors (Lipinski definition) is 2. The van der Waals surface area contributed by atoms with E-state index in [-0.39, 0.29) is 16.9 Å². The van der Waals surface area contributed by atoms with Gasteiger partial charge in [-0.05, 0) is 18.2 Å². The molecule has 0 saturated carbocycles. The monoisotopic (exact) mass is 280 g/mol. The van der Waals surface area contributed by atoms with E-state index < -0.39 is 18.3 Å². The largest absolute Gasteiger partial charge is 0.484 e. The van der Waals surface area contributed by atoms with Gasteiger partial charge < -0.3 is 4.74 Å². The van der Waals surface area contributed by atoms with Crippen LogP contribution >= 0.6 is 0 Å². The molecule has 2 nitrogen and oxygen atoms in total. The van der Waals surface area contributed by atoms with Crippen LogP contribution < -0.4 is 4.74 Å². The highest BCUT2D eigenvalue weighted by atomic mass is 19.3. The number of hydrogen-bond donors (Lipinski definition) is 0. The van der Waals surface area contributed by atoms with Crippen LogP contribution in [-0.2, 0) is 5.92 Å². The number of carbonyl (C=O) groups is 1. The molecule has 0 N–H and O–H groups in total. The van der Waals surface area contributed by atoms with Gasteiger partial charge in [-0.1, -0.05) is 30.3 Å². The van der Waals surface area contributed by atoms with Crippen molar-refractivity contribution in [2.75, 3.05) is 6.61 Å². The molecule has 0 saturated heterocycles. The molecule has 0 heterocycles. The van der Waals surface area contributed by atoms with E-state index in [1.807, 2.05) is 0 Å². The number of ether oxygens (including phenoxy) is 1. The summed E-state index contributed by atoms with van der Waals surface area (Å²) in [7, 11) is 0. The Morgan fingerprint density at radius 2 is 1.80 bits per heavy atom. The quantitative estimate of drug-likeness (QED) is 0.778. The molecule has 0 aliphatic rings. The fourth-order valence-electron chi connectivity index (χ4n) is 1.64. The predicted octanol–water partition coefficient (Wildman–Crippen LogP) is 3.81. The van der Waals surface area contributed by atoms with Gasteiger partial charge in [0, 0.05) is 11.1 Å². The summed E-state index contributed by atoms with van der Waals surface area (Å²) in [5, 5.41) is 0. The molecule has 0 fully saturated rings. The molecule has 0 amide bonds. The van der Waals surface area contributed by atoms with Crippen LogP contribution in [0.1, 0.15) is 15.9 Å². The fraction of sp³-hybridized carbons (Fsp3) is 0.133. The van der Waals surface area contributed by atoms with E-state index >= 15 is 0 Å². The number of alkyl halides is 2. The van der Waals surface area contributed by atoms with E-state index in [0.717, 1.165) is 12.1 Å². The molecule has 0 unspecified atom stereocenters. The zero-order valence-corrected chi connectivity index (χ0v) is 10.4. The van der Waals surface area contributed by atoms with Crippen molar-refractivity contribution >= 4 is 6.29 Å². The van der Waals surface area contributed by atoms with Crippen molar-refractivity contribution in [2.24, 2.45) is 0 Å². The number of rotatable bonds is 5. The molecule has 0 aliphatic carbocycles.